The SMILES string of the molecule is Cc1cc(C)nc(Nc2ccc(NC(=O)CCOc3ccccc3)cc2)n1. The van der Waals surface area contributed by atoms with Crippen LogP contribution in [0.4, 0.5) is 17.3 Å². The van der Waals surface area contributed by atoms with Crippen LogP contribution in [0.1, 0.15) is 17.8 Å². The van der Waals surface area contributed by atoms with E-state index in [1.165, 1.54) is 0 Å². The Labute approximate surface area is 158 Å². The largest absolute Gasteiger partial charge is 0.493 e. The number of hydrogen-bond donors (Lipinski definition) is 2. The molecule has 3 aromatic rings. The highest BCUT2D eigenvalue weighted by molar-refractivity contribution is 5.91. The first-order valence-corrected chi connectivity index (χ1v) is 8.75. The molecule has 0 spiro atoms. The zero-order valence-corrected chi connectivity index (χ0v) is 15.4. The molecule has 0 unspecified atom stereocenters. The van der Waals surface area contributed by atoms with Gasteiger partial charge < -0.3 is 15.4 Å². The van der Waals surface area contributed by atoms with Crippen molar-refractivity contribution < 1.29 is 9.53 Å². The third kappa shape index (κ3) is 5.81. The summed E-state index contributed by atoms with van der Waals surface area (Å²) in [6.07, 6.45) is 0.283. The van der Waals surface area contributed by atoms with Gasteiger partial charge in [0.1, 0.15) is 5.75 Å². The number of para-hydroxylation sites is 1. The van der Waals surface area contributed by atoms with Gasteiger partial charge in [-0.3, -0.25) is 4.79 Å². The Bertz CT molecular complexity index is 876. The molecular formula is C21H22N4O2. The van der Waals surface area contributed by atoms with Crippen molar-refractivity contribution in [2.45, 2.75) is 20.3 Å². The number of nitrogens with zero attached hydrogens (tertiary/aromatic N) is 2. The molecule has 1 aromatic heterocycles. The van der Waals surface area contributed by atoms with E-state index in [0.29, 0.717) is 12.6 Å². The van der Waals surface area contributed by atoms with Crippen LogP contribution in [0.2, 0.25) is 0 Å². The topological polar surface area (TPSA) is 76.1 Å². The van der Waals surface area contributed by atoms with Crippen molar-refractivity contribution in [1.29, 1.82) is 0 Å². The van der Waals surface area contributed by atoms with Crippen molar-refractivity contribution in [3.05, 3.63) is 72.1 Å². The molecule has 3 rings (SSSR count). The highest BCUT2D eigenvalue weighted by Crippen LogP contribution is 2.17. The van der Waals surface area contributed by atoms with E-state index in [4.69, 9.17) is 4.74 Å². The fourth-order valence-corrected chi connectivity index (χ4v) is 2.55. The molecule has 0 aliphatic carbocycles. The van der Waals surface area contributed by atoms with Gasteiger partial charge in [-0.25, -0.2) is 9.97 Å². The van der Waals surface area contributed by atoms with E-state index < -0.39 is 0 Å². The van der Waals surface area contributed by atoms with Crippen LogP contribution in [0.3, 0.4) is 0 Å². The van der Waals surface area contributed by atoms with E-state index in [9.17, 15) is 4.79 Å². The molecule has 0 aliphatic heterocycles. The molecule has 2 aromatic carbocycles. The normalized spacial score (nSPS) is 10.3. The number of aryl methyl sites for hydroxylation is 2. The van der Waals surface area contributed by atoms with E-state index in [-0.39, 0.29) is 12.3 Å². The maximum Gasteiger partial charge on any atom is 0.227 e. The molecule has 1 amide bonds. The fourth-order valence-electron chi connectivity index (χ4n) is 2.55. The quantitative estimate of drug-likeness (QED) is 0.657. The summed E-state index contributed by atoms with van der Waals surface area (Å²) in [4.78, 5) is 20.7. The average Bonchev–Trinajstić information content (AvgIpc) is 2.63. The van der Waals surface area contributed by atoms with Gasteiger partial charge in [0, 0.05) is 22.8 Å². The average molecular weight is 362 g/mol. The van der Waals surface area contributed by atoms with Gasteiger partial charge in [-0.15, -0.1) is 0 Å². The Balaban J connectivity index is 1.49. The lowest BCUT2D eigenvalue weighted by Gasteiger charge is -2.09. The van der Waals surface area contributed by atoms with Crippen molar-refractivity contribution in [3.8, 4) is 5.75 Å². The highest BCUT2D eigenvalue weighted by atomic mass is 16.5. The second-order valence-corrected chi connectivity index (χ2v) is 6.14. The first-order valence-electron chi connectivity index (χ1n) is 8.75. The van der Waals surface area contributed by atoms with Crippen molar-refractivity contribution in [1.82, 2.24) is 9.97 Å². The van der Waals surface area contributed by atoms with Crippen LogP contribution >= 0.6 is 0 Å². The van der Waals surface area contributed by atoms with Gasteiger partial charge >= 0.3 is 0 Å². The molecule has 0 atom stereocenters. The predicted octanol–water partition coefficient (Wildman–Crippen LogP) is 4.24. The lowest BCUT2D eigenvalue weighted by Crippen LogP contribution is -2.15. The number of aromatic nitrogens is 2. The lowest BCUT2D eigenvalue weighted by atomic mass is 10.2. The fraction of sp³-hybridized carbons (Fsp3) is 0.190. The van der Waals surface area contributed by atoms with E-state index in [1.54, 1.807) is 0 Å². The Kier molecular flexibility index (Phi) is 5.99. The summed E-state index contributed by atoms with van der Waals surface area (Å²) < 4.78 is 5.53. The van der Waals surface area contributed by atoms with Crippen molar-refractivity contribution in [2.75, 3.05) is 17.2 Å². The number of benzene rings is 2. The molecule has 2 N–H and O–H groups in total. The number of rotatable bonds is 7. The highest BCUT2D eigenvalue weighted by Gasteiger charge is 2.04. The molecule has 0 fully saturated rings. The van der Waals surface area contributed by atoms with Crippen LogP contribution in [0.15, 0.2) is 60.7 Å². The van der Waals surface area contributed by atoms with Gasteiger partial charge in [0.2, 0.25) is 11.9 Å². The van der Waals surface area contributed by atoms with Gasteiger partial charge in [-0.2, -0.15) is 0 Å². The Morgan fingerprint density at radius 2 is 1.56 bits per heavy atom. The number of carbonyl (C=O) groups is 1. The summed E-state index contributed by atoms with van der Waals surface area (Å²) in [6, 6.07) is 18.8. The summed E-state index contributed by atoms with van der Waals surface area (Å²) in [5.74, 6) is 1.22. The standard InChI is InChI=1S/C21H22N4O2/c1-15-14-16(2)23-21(22-15)25-18-10-8-17(9-11-18)24-20(26)12-13-27-19-6-4-3-5-7-19/h3-11,14H,12-13H2,1-2H3,(H,24,26)(H,22,23,25). The Morgan fingerprint density at radius 1 is 0.926 bits per heavy atom. The third-order valence-electron chi connectivity index (χ3n) is 3.75. The second-order valence-electron chi connectivity index (χ2n) is 6.14. The van der Waals surface area contributed by atoms with Crippen LogP contribution in [-0.2, 0) is 4.79 Å². The maximum atomic E-state index is 12.0. The van der Waals surface area contributed by atoms with Gasteiger partial charge in [0.05, 0.1) is 13.0 Å². The summed E-state index contributed by atoms with van der Waals surface area (Å²) in [5.41, 5.74) is 3.40. The minimum Gasteiger partial charge on any atom is -0.493 e. The Morgan fingerprint density at radius 3 is 2.22 bits per heavy atom. The van der Waals surface area contributed by atoms with E-state index in [2.05, 4.69) is 20.6 Å². The number of nitrogens with one attached hydrogen (secondary N) is 2. The zero-order valence-electron chi connectivity index (χ0n) is 15.4. The van der Waals surface area contributed by atoms with Crippen LogP contribution in [0, 0.1) is 13.8 Å². The van der Waals surface area contributed by atoms with E-state index in [0.717, 1.165) is 28.5 Å². The number of carbonyl (C=O) groups excluding carboxylic acids is 1. The molecule has 0 aliphatic rings. The lowest BCUT2D eigenvalue weighted by molar-refractivity contribution is -0.116. The smallest absolute Gasteiger partial charge is 0.227 e. The van der Waals surface area contributed by atoms with E-state index >= 15 is 0 Å². The minimum absolute atomic E-state index is 0.0933. The van der Waals surface area contributed by atoms with Gasteiger partial charge in [-0.1, -0.05) is 18.2 Å². The van der Waals surface area contributed by atoms with E-state index in [1.807, 2.05) is 74.5 Å². The molecule has 0 bridgehead atoms. The Hall–Kier alpha value is -3.41. The van der Waals surface area contributed by atoms with Crippen LogP contribution in [0.25, 0.3) is 0 Å². The van der Waals surface area contributed by atoms with Crippen LogP contribution < -0.4 is 15.4 Å². The summed E-state index contributed by atoms with van der Waals surface area (Å²) in [5, 5.41) is 6.02. The molecule has 0 saturated carbocycles. The first-order chi connectivity index (χ1) is 13.1. The van der Waals surface area contributed by atoms with Crippen molar-refractivity contribution in [3.63, 3.8) is 0 Å². The maximum absolute atomic E-state index is 12.0. The summed E-state index contributed by atoms with van der Waals surface area (Å²) >= 11 is 0. The molecule has 27 heavy (non-hydrogen) atoms. The molecular weight excluding hydrogens is 340 g/mol. The summed E-state index contributed by atoms with van der Waals surface area (Å²) in [6.45, 7) is 4.19. The van der Waals surface area contributed by atoms with Gasteiger partial charge in [0.15, 0.2) is 0 Å². The monoisotopic (exact) mass is 362 g/mol. The van der Waals surface area contributed by atoms with Crippen molar-refractivity contribution >= 4 is 23.2 Å². The molecule has 138 valence electrons. The number of amides is 1. The minimum atomic E-state index is -0.0933. The molecule has 6 nitrogen and oxygen atoms in total. The molecule has 6 heteroatoms. The molecule has 0 radical (unpaired) electrons. The van der Waals surface area contributed by atoms with Gasteiger partial charge in [0.25, 0.3) is 0 Å². The first kappa shape index (κ1) is 18.4. The van der Waals surface area contributed by atoms with Gasteiger partial charge in [-0.05, 0) is 56.3 Å². The second kappa shape index (κ2) is 8.80. The van der Waals surface area contributed by atoms with Crippen molar-refractivity contribution in [2.24, 2.45) is 0 Å². The number of hydrogen-bond acceptors (Lipinski definition) is 5. The predicted molar refractivity (Wildman–Crippen MR) is 106 cm³/mol. The number of anilines is 3. The third-order valence-corrected chi connectivity index (χ3v) is 3.75. The molecule has 0 saturated heterocycles. The number of ether oxygens (including phenoxy) is 1. The summed E-state index contributed by atoms with van der Waals surface area (Å²) in [7, 11) is 0. The van der Waals surface area contributed by atoms with Crippen LogP contribution in [0.5, 0.6) is 5.75 Å². The zero-order chi connectivity index (χ0) is 19.1. The molecule has 1 heterocycles. The van der Waals surface area contributed by atoms with Crippen LogP contribution in [-0.4, -0.2) is 22.5 Å².